The van der Waals surface area contributed by atoms with Crippen LogP contribution in [0.4, 0.5) is 0 Å². The highest BCUT2D eigenvalue weighted by Gasteiger charge is 2.21. The van der Waals surface area contributed by atoms with Gasteiger partial charge in [0.2, 0.25) is 0 Å². The first-order chi connectivity index (χ1) is 8.02. The Bertz CT molecular complexity index is 450. The number of hydrogen-bond acceptors (Lipinski definition) is 5. The number of amides is 1. The summed E-state index contributed by atoms with van der Waals surface area (Å²) in [7, 11) is 2.90. The van der Waals surface area contributed by atoms with Gasteiger partial charge in [-0.05, 0) is 24.4 Å². The number of para-hydroxylation sites is 1. The number of carbonyl (C=O) groups is 1. The number of nitrogens with two attached hydrogens (primary N) is 2. The van der Waals surface area contributed by atoms with E-state index in [4.69, 9.17) is 21.1 Å². The zero-order chi connectivity index (χ0) is 13.0. The lowest BCUT2D eigenvalue weighted by Crippen LogP contribution is -2.45. The Balaban J connectivity index is 3.22. The number of methoxy groups -OCH3 is 2. The van der Waals surface area contributed by atoms with Gasteiger partial charge in [-0.1, -0.05) is 6.07 Å². The Kier molecular flexibility index (Phi) is 4.24. The summed E-state index contributed by atoms with van der Waals surface area (Å²) in [6, 6.07) is 4.85. The third-order valence-electron chi connectivity index (χ3n) is 2.09. The van der Waals surface area contributed by atoms with Gasteiger partial charge in [0.05, 0.1) is 19.8 Å². The van der Waals surface area contributed by atoms with E-state index in [0.29, 0.717) is 10.8 Å². The maximum Gasteiger partial charge on any atom is 0.278 e. The molecule has 0 heterocycles. The third kappa shape index (κ3) is 2.63. The summed E-state index contributed by atoms with van der Waals surface area (Å²) in [5.41, 5.74) is 5.50. The van der Waals surface area contributed by atoms with Crippen LogP contribution in [-0.4, -0.2) is 30.2 Å². The van der Waals surface area contributed by atoms with E-state index in [-0.39, 0.29) is 16.4 Å². The summed E-state index contributed by atoms with van der Waals surface area (Å²) in [4.78, 5) is 11.9. The minimum atomic E-state index is -0.562. The lowest BCUT2D eigenvalue weighted by Gasteiger charge is -2.17. The number of carbonyl (C=O) groups excluding carboxylic acids is 1. The Morgan fingerprint density at radius 1 is 1.35 bits per heavy atom. The minimum Gasteiger partial charge on any atom is -0.493 e. The minimum absolute atomic E-state index is 0.222. The van der Waals surface area contributed by atoms with E-state index in [2.05, 4.69) is 12.2 Å². The fourth-order valence-corrected chi connectivity index (χ4v) is 1.37. The molecular formula is C10H13N3O3S. The predicted octanol–water partition coefficient (Wildman–Crippen LogP) is 0.263. The average Bonchev–Trinajstić information content (AvgIpc) is 2.35. The molecule has 0 aliphatic rings. The molecule has 4 N–H and O–H groups in total. The number of hydrazine groups is 1. The van der Waals surface area contributed by atoms with E-state index >= 15 is 0 Å². The van der Waals surface area contributed by atoms with Gasteiger partial charge in [-0.15, -0.1) is 0 Å². The van der Waals surface area contributed by atoms with Gasteiger partial charge in [0.15, 0.2) is 16.6 Å². The van der Waals surface area contributed by atoms with Crippen molar-refractivity contribution in [1.29, 1.82) is 0 Å². The monoisotopic (exact) mass is 255 g/mol. The molecule has 0 radical (unpaired) electrons. The van der Waals surface area contributed by atoms with Gasteiger partial charge in [0.1, 0.15) is 0 Å². The quantitative estimate of drug-likeness (QED) is 0.348. The summed E-state index contributed by atoms with van der Waals surface area (Å²) in [6.45, 7) is 0. The fraction of sp³-hybridized carbons (Fsp3) is 0.200. The van der Waals surface area contributed by atoms with Gasteiger partial charge in [-0.25, -0.2) is 10.9 Å². The SMILES string of the molecule is COc1cccc(C(=O)N(N)C(N)=S)c1OC. The standard InChI is InChI=1S/C10H13N3O3S/c1-15-7-5-3-4-6(8(7)16-2)9(14)13(12)10(11)17/h3-5H,12H2,1-2H3,(H2,11,17). The molecule has 0 aliphatic carbocycles. The Morgan fingerprint density at radius 3 is 2.47 bits per heavy atom. The van der Waals surface area contributed by atoms with Crippen LogP contribution in [-0.2, 0) is 0 Å². The lowest BCUT2D eigenvalue weighted by atomic mass is 10.1. The van der Waals surface area contributed by atoms with Gasteiger partial charge in [-0.2, -0.15) is 0 Å². The molecule has 0 unspecified atom stereocenters. The molecular weight excluding hydrogens is 242 g/mol. The van der Waals surface area contributed by atoms with Gasteiger partial charge >= 0.3 is 0 Å². The molecule has 0 bridgehead atoms. The van der Waals surface area contributed by atoms with Crippen LogP contribution in [0.2, 0.25) is 0 Å². The average molecular weight is 255 g/mol. The van der Waals surface area contributed by atoms with Gasteiger partial charge in [0.25, 0.3) is 5.91 Å². The van der Waals surface area contributed by atoms with Crippen LogP contribution in [0.25, 0.3) is 0 Å². The summed E-state index contributed by atoms with van der Waals surface area (Å²) in [5, 5.41) is 0.451. The summed E-state index contributed by atoms with van der Waals surface area (Å²) < 4.78 is 10.2. The van der Waals surface area contributed by atoms with Crippen LogP contribution < -0.4 is 21.1 Å². The van der Waals surface area contributed by atoms with Crippen molar-refractivity contribution in [3.8, 4) is 11.5 Å². The highest BCUT2D eigenvalue weighted by molar-refractivity contribution is 7.80. The molecule has 7 heteroatoms. The van der Waals surface area contributed by atoms with E-state index < -0.39 is 5.91 Å². The van der Waals surface area contributed by atoms with Crippen LogP contribution in [0.5, 0.6) is 11.5 Å². The predicted molar refractivity (Wildman–Crippen MR) is 66.7 cm³/mol. The first kappa shape index (κ1) is 13.2. The number of hydrogen-bond donors (Lipinski definition) is 2. The molecule has 17 heavy (non-hydrogen) atoms. The largest absolute Gasteiger partial charge is 0.493 e. The topological polar surface area (TPSA) is 90.8 Å². The zero-order valence-electron chi connectivity index (χ0n) is 9.47. The molecule has 1 aromatic carbocycles. The smallest absolute Gasteiger partial charge is 0.278 e. The molecule has 92 valence electrons. The van der Waals surface area contributed by atoms with Crippen molar-refractivity contribution in [3.63, 3.8) is 0 Å². The van der Waals surface area contributed by atoms with Crippen LogP contribution in [0.15, 0.2) is 18.2 Å². The summed E-state index contributed by atoms with van der Waals surface area (Å²) >= 11 is 4.62. The molecule has 6 nitrogen and oxygen atoms in total. The van der Waals surface area contributed by atoms with Crippen LogP contribution in [0, 0.1) is 0 Å². The molecule has 0 spiro atoms. The second-order valence-electron chi connectivity index (χ2n) is 3.05. The first-order valence-electron chi connectivity index (χ1n) is 4.62. The maximum absolute atomic E-state index is 11.9. The fourth-order valence-electron chi connectivity index (χ4n) is 1.29. The third-order valence-corrected chi connectivity index (χ3v) is 2.29. The zero-order valence-corrected chi connectivity index (χ0v) is 10.3. The Labute approximate surface area is 104 Å². The molecule has 1 rings (SSSR count). The normalized spacial score (nSPS) is 9.59. The van der Waals surface area contributed by atoms with Gasteiger partial charge in [0, 0.05) is 0 Å². The summed E-state index contributed by atoms with van der Waals surface area (Å²) in [6.07, 6.45) is 0. The van der Waals surface area contributed by atoms with Crippen molar-refractivity contribution >= 4 is 23.2 Å². The molecule has 0 aliphatic heterocycles. The van der Waals surface area contributed by atoms with Crippen molar-refractivity contribution < 1.29 is 14.3 Å². The molecule has 1 amide bonds. The second-order valence-corrected chi connectivity index (χ2v) is 3.47. The molecule has 0 saturated heterocycles. The van der Waals surface area contributed by atoms with Gasteiger partial charge < -0.3 is 15.2 Å². The van der Waals surface area contributed by atoms with Crippen molar-refractivity contribution in [3.05, 3.63) is 23.8 Å². The molecule has 1 aromatic rings. The van der Waals surface area contributed by atoms with Crippen LogP contribution >= 0.6 is 12.2 Å². The molecule has 0 aromatic heterocycles. The number of rotatable bonds is 3. The van der Waals surface area contributed by atoms with Gasteiger partial charge in [-0.3, -0.25) is 4.79 Å². The Hall–Kier alpha value is -1.86. The molecule has 0 fully saturated rings. The van der Waals surface area contributed by atoms with Crippen molar-refractivity contribution in [2.24, 2.45) is 11.6 Å². The lowest BCUT2D eigenvalue weighted by molar-refractivity contribution is 0.0844. The van der Waals surface area contributed by atoms with Crippen molar-refractivity contribution in [2.75, 3.05) is 14.2 Å². The number of thiocarbonyl (C=S) groups is 1. The highest BCUT2D eigenvalue weighted by Crippen LogP contribution is 2.31. The van der Waals surface area contributed by atoms with Crippen molar-refractivity contribution in [2.45, 2.75) is 0 Å². The highest BCUT2D eigenvalue weighted by atomic mass is 32.1. The maximum atomic E-state index is 11.9. The second kappa shape index (κ2) is 5.46. The van der Waals surface area contributed by atoms with E-state index in [1.807, 2.05) is 0 Å². The summed E-state index contributed by atoms with van der Waals surface area (Å²) in [5.74, 6) is 5.58. The first-order valence-corrected chi connectivity index (χ1v) is 5.03. The number of benzene rings is 1. The number of ether oxygens (including phenoxy) is 2. The number of nitrogens with zero attached hydrogens (tertiary/aromatic N) is 1. The van der Waals surface area contributed by atoms with Crippen molar-refractivity contribution in [1.82, 2.24) is 5.01 Å². The Morgan fingerprint density at radius 2 is 2.00 bits per heavy atom. The van der Waals surface area contributed by atoms with E-state index in [0.717, 1.165) is 0 Å². The van der Waals surface area contributed by atoms with E-state index in [1.54, 1.807) is 18.2 Å². The van der Waals surface area contributed by atoms with Crippen LogP contribution in [0.3, 0.4) is 0 Å². The van der Waals surface area contributed by atoms with E-state index in [9.17, 15) is 4.79 Å². The molecule has 0 atom stereocenters. The van der Waals surface area contributed by atoms with Crippen LogP contribution in [0.1, 0.15) is 10.4 Å². The molecule has 0 saturated carbocycles. The van der Waals surface area contributed by atoms with E-state index in [1.165, 1.54) is 14.2 Å².